The second kappa shape index (κ2) is 12.1. The largest absolute Gasteiger partial charge is 2.00 e. The fourth-order valence-corrected chi connectivity index (χ4v) is 3.87. The molecule has 0 unspecified atom stereocenters. The van der Waals surface area contributed by atoms with Crippen molar-refractivity contribution in [2.45, 2.75) is 5.92 Å². The fourth-order valence-electron chi connectivity index (χ4n) is 2.05. The smallest absolute Gasteiger partial charge is 0.0921 e. The summed E-state index contributed by atoms with van der Waals surface area (Å²) in [4.78, 5) is 0. The SMILES string of the molecule is BrCC(CBr)c1ccc([C]2[CH][CH][CH][CH]2)cc1.[CH]1[CH][CH][CH][CH]1.[Fe+2]. The second-order valence-corrected chi connectivity index (χ2v) is 6.06. The molecule has 22 heavy (non-hydrogen) atoms. The van der Waals surface area contributed by atoms with Crippen LogP contribution in [0, 0.1) is 63.7 Å². The zero-order chi connectivity index (χ0) is 14.9. The van der Waals surface area contributed by atoms with Gasteiger partial charge in [-0.1, -0.05) is 56.1 Å². The zero-order valence-electron chi connectivity index (χ0n) is 12.1. The molecule has 0 nitrogen and oxygen atoms in total. The van der Waals surface area contributed by atoms with Gasteiger partial charge in [-0.15, -0.1) is 0 Å². The van der Waals surface area contributed by atoms with Gasteiger partial charge in [-0.3, -0.25) is 0 Å². The molecular formula is C19H18Br2Fe+2. The number of hydrogen-bond donors (Lipinski definition) is 0. The number of alkyl halides is 2. The molecule has 0 bridgehead atoms. The summed E-state index contributed by atoms with van der Waals surface area (Å²) in [5.74, 6) is 1.84. The zero-order valence-corrected chi connectivity index (χ0v) is 16.4. The van der Waals surface area contributed by atoms with Crippen molar-refractivity contribution in [3.63, 3.8) is 0 Å². The van der Waals surface area contributed by atoms with Crippen LogP contribution in [0.4, 0.5) is 0 Å². The topological polar surface area (TPSA) is 0 Å². The summed E-state index contributed by atoms with van der Waals surface area (Å²) < 4.78 is 0. The van der Waals surface area contributed by atoms with Crippen LogP contribution in [0.25, 0.3) is 0 Å². The molecule has 10 radical (unpaired) electrons. The molecule has 2 saturated carbocycles. The molecule has 3 rings (SSSR count). The Morgan fingerprint density at radius 1 is 0.682 bits per heavy atom. The van der Waals surface area contributed by atoms with E-state index in [0.717, 1.165) is 10.7 Å². The third kappa shape index (κ3) is 6.67. The molecule has 0 aromatic heterocycles. The van der Waals surface area contributed by atoms with Crippen molar-refractivity contribution in [2.24, 2.45) is 0 Å². The number of halogens is 2. The van der Waals surface area contributed by atoms with Crippen molar-refractivity contribution in [1.82, 2.24) is 0 Å². The van der Waals surface area contributed by atoms with Crippen molar-refractivity contribution < 1.29 is 17.1 Å². The summed E-state index contributed by atoms with van der Waals surface area (Å²) in [7, 11) is 0. The van der Waals surface area contributed by atoms with E-state index in [9.17, 15) is 0 Å². The maximum atomic E-state index is 3.54. The molecule has 2 aliphatic rings. The molecule has 1 aromatic rings. The molecule has 0 atom stereocenters. The Labute approximate surface area is 164 Å². The van der Waals surface area contributed by atoms with Gasteiger partial charge in [0.05, 0.1) is 0 Å². The summed E-state index contributed by atoms with van der Waals surface area (Å²) in [5, 5.41) is 1.99. The van der Waals surface area contributed by atoms with Gasteiger partial charge in [0, 0.05) is 22.5 Å². The van der Waals surface area contributed by atoms with Gasteiger partial charge in [0.15, 0.2) is 0 Å². The number of hydrogen-bond acceptors (Lipinski definition) is 0. The van der Waals surface area contributed by atoms with Crippen LogP contribution in [0.5, 0.6) is 0 Å². The van der Waals surface area contributed by atoms with Gasteiger partial charge < -0.3 is 0 Å². The molecule has 114 valence electrons. The van der Waals surface area contributed by atoms with Crippen LogP contribution in [0.15, 0.2) is 24.3 Å². The van der Waals surface area contributed by atoms with Crippen LogP contribution >= 0.6 is 31.9 Å². The van der Waals surface area contributed by atoms with Gasteiger partial charge in [0.2, 0.25) is 0 Å². The average Bonchev–Trinajstić information content (AvgIpc) is 3.25. The summed E-state index contributed by atoms with van der Waals surface area (Å²) in [6, 6.07) is 8.83. The summed E-state index contributed by atoms with van der Waals surface area (Å²) in [5.41, 5.74) is 2.67. The van der Waals surface area contributed by atoms with E-state index in [2.05, 4.69) is 81.8 Å². The normalized spacial score (nSPS) is 18.0. The van der Waals surface area contributed by atoms with Crippen LogP contribution in [0.2, 0.25) is 0 Å². The molecule has 0 aliphatic heterocycles. The Bertz CT molecular complexity index is 348. The van der Waals surface area contributed by atoms with Gasteiger partial charge in [-0.05, 0) is 68.9 Å². The molecule has 0 spiro atoms. The van der Waals surface area contributed by atoms with Gasteiger partial charge in [-0.2, -0.15) is 0 Å². The Morgan fingerprint density at radius 3 is 1.55 bits per heavy atom. The van der Waals surface area contributed by atoms with Crippen LogP contribution in [0.1, 0.15) is 17.0 Å². The Hall–Kier alpha value is 0.699. The van der Waals surface area contributed by atoms with Crippen LogP contribution in [-0.4, -0.2) is 10.7 Å². The quantitative estimate of drug-likeness (QED) is 0.420. The van der Waals surface area contributed by atoms with Crippen LogP contribution in [0.3, 0.4) is 0 Å². The van der Waals surface area contributed by atoms with E-state index in [1.165, 1.54) is 17.0 Å². The van der Waals surface area contributed by atoms with Gasteiger partial charge in [0.25, 0.3) is 0 Å². The van der Waals surface area contributed by atoms with Gasteiger partial charge in [0.1, 0.15) is 0 Å². The molecule has 0 heterocycles. The van der Waals surface area contributed by atoms with Crippen molar-refractivity contribution >= 4 is 31.9 Å². The predicted octanol–water partition coefficient (Wildman–Crippen LogP) is 5.33. The number of benzene rings is 1. The third-order valence-corrected chi connectivity index (χ3v) is 4.87. The average molecular weight is 462 g/mol. The molecular weight excluding hydrogens is 444 g/mol. The van der Waals surface area contributed by atoms with E-state index in [1.54, 1.807) is 0 Å². The second-order valence-electron chi connectivity index (χ2n) is 4.76. The minimum absolute atomic E-state index is 0. The first-order valence-electron chi connectivity index (χ1n) is 6.96. The third-order valence-electron chi connectivity index (χ3n) is 3.31. The summed E-state index contributed by atoms with van der Waals surface area (Å²) >= 11 is 7.08. The first kappa shape index (κ1) is 20.7. The molecule has 0 N–H and O–H groups in total. The van der Waals surface area contributed by atoms with E-state index in [4.69, 9.17) is 0 Å². The first-order chi connectivity index (χ1) is 10.3. The predicted molar refractivity (Wildman–Crippen MR) is 97.8 cm³/mol. The van der Waals surface area contributed by atoms with Gasteiger partial charge in [-0.25, -0.2) is 0 Å². The Kier molecular flexibility index (Phi) is 11.4. The van der Waals surface area contributed by atoms with Crippen molar-refractivity contribution in [1.29, 1.82) is 0 Å². The van der Waals surface area contributed by atoms with E-state index in [1.807, 2.05) is 32.1 Å². The van der Waals surface area contributed by atoms with Crippen molar-refractivity contribution in [3.8, 4) is 0 Å². The van der Waals surface area contributed by atoms with Gasteiger partial charge >= 0.3 is 17.1 Å². The maximum absolute atomic E-state index is 3.54. The Balaban J connectivity index is 0.000000344. The molecule has 3 heteroatoms. The molecule has 2 fully saturated rings. The fraction of sp³-hybridized carbons (Fsp3) is 0.158. The van der Waals surface area contributed by atoms with E-state index in [-0.39, 0.29) is 17.1 Å². The maximum Gasteiger partial charge on any atom is 2.00 e. The minimum atomic E-state index is 0. The van der Waals surface area contributed by atoms with E-state index < -0.39 is 0 Å². The van der Waals surface area contributed by atoms with Crippen molar-refractivity contribution in [2.75, 3.05) is 10.7 Å². The standard InChI is InChI=1S/C14H13Br2.C5H5.Fe/c15-9-14(10-16)13-7-5-12(6-8-13)11-3-1-2-4-11;1-2-4-5-3-1;/h1-8,14H,9-10H2;1-5H;/q;;+2. The van der Waals surface area contributed by atoms with E-state index in [0.29, 0.717) is 5.92 Å². The molecule has 1 aromatic carbocycles. The monoisotopic (exact) mass is 460 g/mol. The van der Waals surface area contributed by atoms with E-state index >= 15 is 0 Å². The summed E-state index contributed by atoms with van der Waals surface area (Å²) in [6.45, 7) is 0. The minimum Gasteiger partial charge on any atom is -0.0921 e. The van der Waals surface area contributed by atoms with Crippen LogP contribution in [-0.2, 0) is 17.1 Å². The molecule has 0 saturated heterocycles. The number of rotatable bonds is 4. The summed E-state index contributed by atoms with van der Waals surface area (Å²) in [6.07, 6.45) is 18.4. The van der Waals surface area contributed by atoms with Crippen LogP contribution < -0.4 is 0 Å². The van der Waals surface area contributed by atoms with Crippen molar-refractivity contribution in [3.05, 3.63) is 99.1 Å². The first-order valence-corrected chi connectivity index (χ1v) is 9.20. The molecule has 0 amide bonds. The Morgan fingerprint density at radius 2 is 1.14 bits per heavy atom. The molecule has 2 aliphatic carbocycles.